The molecule has 0 radical (unpaired) electrons. The maximum atomic E-state index is 14.6. The highest BCUT2D eigenvalue weighted by Crippen LogP contribution is 2.33. The van der Waals surface area contributed by atoms with Gasteiger partial charge in [0.1, 0.15) is 11.5 Å². The summed E-state index contributed by atoms with van der Waals surface area (Å²) in [6.45, 7) is 3.28. The third-order valence-corrected chi connectivity index (χ3v) is 6.58. The van der Waals surface area contributed by atoms with Gasteiger partial charge in [-0.25, -0.2) is 4.39 Å². The fourth-order valence-electron chi connectivity index (χ4n) is 4.62. The number of benzene rings is 2. The van der Waals surface area contributed by atoms with E-state index in [1.807, 2.05) is 4.90 Å². The largest absolute Gasteiger partial charge is 0.366 e. The van der Waals surface area contributed by atoms with E-state index in [-0.39, 0.29) is 17.8 Å². The molecule has 0 aliphatic carbocycles. The molecule has 1 N–H and O–H groups in total. The summed E-state index contributed by atoms with van der Waals surface area (Å²) in [7, 11) is 0. The van der Waals surface area contributed by atoms with Crippen molar-refractivity contribution in [1.29, 1.82) is 0 Å². The minimum Gasteiger partial charge on any atom is -0.366 e. The second kappa shape index (κ2) is 9.83. The van der Waals surface area contributed by atoms with Crippen molar-refractivity contribution in [2.24, 2.45) is 0 Å². The number of likely N-dealkylation sites (tertiary alicyclic amines) is 1. The summed E-state index contributed by atoms with van der Waals surface area (Å²) in [5.74, 6) is -0.841. The number of carbonyl (C=O) groups is 1. The Morgan fingerprint density at radius 1 is 1.12 bits per heavy atom. The molecule has 2 aromatic carbocycles. The van der Waals surface area contributed by atoms with Crippen LogP contribution in [-0.4, -0.2) is 48.5 Å². The molecule has 0 spiro atoms. The maximum absolute atomic E-state index is 14.6. The number of hydrogen-bond acceptors (Lipinski definition) is 5. The van der Waals surface area contributed by atoms with E-state index < -0.39 is 22.7 Å². The first-order chi connectivity index (χ1) is 15.5. The topological polar surface area (TPSA) is 78.7 Å². The summed E-state index contributed by atoms with van der Waals surface area (Å²) >= 11 is 6.31. The van der Waals surface area contributed by atoms with Crippen molar-refractivity contribution in [2.45, 2.75) is 31.7 Å². The van der Waals surface area contributed by atoms with Gasteiger partial charge < -0.3 is 10.2 Å². The second-order valence-electron chi connectivity index (χ2n) is 8.26. The number of halogens is 2. The fourth-order valence-corrected chi connectivity index (χ4v) is 4.91. The fraction of sp³-hybridized carbons (Fsp3) is 0.435. The van der Waals surface area contributed by atoms with Gasteiger partial charge in [0.15, 0.2) is 0 Å². The highest BCUT2D eigenvalue weighted by atomic mass is 35.5. The first kappa shape index (κ1) is 22.5. The van der Waals surface area contributed by atoms with E-state index in [4.69, 9.17) is 11.6 Å². The zero-order valence-corrected chi connectivity index (χ0v) is 18.5. The molecule has 170 valence electrons. The Bertz CT molecular complexity index is 986. The summed E-state index contributed by atoms with van der Waals surface area (Å²) in [5, 5.41) is 14.8. The third kappa shape index (κ3) is 4.71. The summed E-state index contributed by atoms with van der Waals surface area (Å²) in [4.78, 5) is 28.2. The van der Waals surface area contributed by atoms with Gasteiger partial charge in [0.25, 0.3) is 11.6 Å². The number of anilines is 1. The van der Waals surface area contributed by atoms with Crippen molar-refractivity contribution in [3.8, 4) is 0 Å². The molecule has 2 saturated heterocycles. The maximum Gasteiger partial charge on any atom is 0.293 e. The molecule has 2 heterocycles. The van der Waals surface area contributed by atoms with Crippen LogP contribution in [0.3, 0.4) is 0 Å². The van der Waals surface area contributed by atoms with E-state index in [0.29, 0.717) is 16.3 Å². The molecule has 1 amide bonds. The number of hydrogen-bond donors (Lipinski definition) is 1. The van der Waals surface area contributed by atoms with Crippen LogP contribution < -0.4 is 10.2 Å². The first-order valence-electron chi connectivity index (χ1n) is 11.0. The highest BCUT2D eigenvalue weighted by molar-refractivity contribution is 6.31. The molecule has 4 rings (SSSR count). The molecule has 0 saturated carbocycles. The Morgan fingerprint density at radius 3 is 2.47 bits per heavy atom. The Labute approximate surface area is 191 Å². The number of carbonyl (C=O) groups excluding carboxylic acids is 1. The van der Waals surface area contributed by atoms with Gasteiger partial charge in [0.2, 0.25) is 0 Å². The van der Waals surface area contributed by atoms with E-state index in [2.05, 4.69) is 10.2 Å². The first-order valence-corrected chi connectivity index (χ1v) is 11.3. The van der Waals surface area contributed by atoms with Gasteiger partial charge in [-0.15, -0.1) is 0 Å². The summed E-state index contributed by atoms with van der Waals surface area (Å²) in [6, 6.07) is 8.74. The average molecular weight is 461 g/mol. The minimum absolute atomic E-state index is 0.0761. The molecule has 2 aromatic rings. The Kier molecular flexibility index (Phi) is 6.91. The molecule has 2 fully saturated rings. The van der Waals surface area contributed by atoms with Gasteiger partial charge in [-0.05, 0) is 63.0 Å². The quantitative estimate of drug-likeness (QED) is 0.484. The lowest BCUT2D eigenvalue weighted by Crippen LogP contribution is -2.37. The molecule has 0 aromatic heterocycles. The summed E-state index contributed by atoms with van der Waals surface area (Å²) < 4.78 is 14.6. The minimum atomic E-state index is -0.448. The van der Waals surface area contributed by atoms with Crippen LogP contribution in [-0.2, 0) is 0 Å². The predicted molar refractivity (Wildman–Crippen MR) is 122 cm³/mol. The Morgan fingerprint density at radius 2 is 1.81 bits per heavy atom. The van der Waals surface area contributed by atoms with Crippen LogP contribution in [0.5, 0.6) is 0 Å². The predicted octanol–water partition coefficient (Wildman–Crippen LogP) is 4.55. The molecule has 0 bridgehead atoms. The van der Waals surface area contributed by atoms with Gasteiger partial charge in [-0.1, -0.05) is 17.7 Å². The highest BCUT2D eigenvalue weighted by Gasteiger charge is 2.29. The van der Waals surface area contributed by atoms with Gasteiger partial charge in [-0.2, -0.15) is 0 Å². The van der Waals surface area contributed by atoms with Crippen LogP contribution >= 0.6 is 11.6 Å². The average Bonchev–Trinajstić information content (AvgIpc) is 3.49. The summed E-state index contributed by atoms with van der Waals surface area (Å²) in [5.41, 5.74) is 1.04. The van der Waals surface area contributed by atoms with Crippen LogP contribution in [0.25, 0.3) is 0 Å². The van der Waals surface area contributed by atoms with E-state index in [1.54, 1.807) is 24.3 Å². The Hall–Kier alpha value is -2.71. The third-order valence-electron chi connectivity index (χ3n) is 6.25. The molecule has 7 nitrogen and oxygen atoms in total. The van der Waals surface area contributed by atoms with Crippen LogP contribution in [0.1, 0.15) is 47.6 Å². The number of nitro benzene ring substituents is 1. The molecule has 32 heavy (non-hydrogen) atoms. The molecular weight excluding hydrogens is 435 g/mol. The van der Waals surface area contributed by atoms with Crippen molar-refractivity contribution in [3.63, 3.8) is 0 Å². The smallest absolute Gasteiger partial charge is 0.293 e. The Balaban J connectivity index is 1.54. The lowest BCUT2D eigenvalue weighted by Gasteiger charge is -2.29. The molecular formula is C23H26ClFN4O3. The monoisotopic (exact) mass is 460 g/mol. The lowest BCUT2D eigenvalue weighted by molar-refractivity contribution is -0.384. The van der Waals surface area contributed by atoms with Crippen LogP contribution in [0.2, 0.25) is 5.02 Å². The molecule has 1 unspecified atom stereocenters. The number of nitro groups is 1. The van der Waals surface area contributed by atoms with Crippen LogP contribution in [0, 0.1) is 15.9 Å². The summed E-state index contributed by atoms with van der Waals surface area (Å²) in [6.07, 6.45) is 3.99. The number of rotatable bonds is 7. The molecule has 2 aliphatic rings. The van der Waals surface area contributed by atoms with Gasteiger partial charge >= 0.3 is 0 Å². The van der Waals surface area contributed by atoms with E-state index in [0.717, 1.165) is 51.9 Å². The zero-order valence-electron chi connectivity index (χ0n) is 17.7. The lowest BCUT2D eigenvalue weighted by atomic mass is 10.0. The molecule has 1 atom stereocenters. The standard InChI is InChI=1S/C23H26ClFN4O3/c24-17-6-5-7-18(25)22(17)21(28-12-3-4-13-28)15-26-23(30)16-8-9-19(20(14-16)29(31)32)27-10-1-2-11-27/h5-9,14,21H,1-4,10-13,15H2,(H,26,30). The van der Waals surface area contributed by atoms with E-state index in [1.165, 1.54) is 12.1 Å². The van der Waals surface area contributed by atoms with Crippen LogP contribution in [0.4, 0.5) is 15.8 Å². The number of amides is 1. The van der Waals surface area contributed by atoms with Crippen LogP contribution in [0.15, 0.2) is 36.4 Å². The molecule has 2 aliphatic heterocycles. The SMILES string of the molecule is O=C(NCC(c1c(F)cccc1Cl)N1CCCC1)c1ccc(N2CCCC2)c([N+](=O)[O-])c1. The van der Waals surface area contributed by atoms with Crippen molar-refractivity contribution in [3.05, 3.63) is 68.5 Å². The second-order valence-corrected chi connectivity index (χ2v) is 8.67. The van der Waals surface area contributed by atoms with Gasteiger partial charge in [0, 0.05) is 41.9 Å². The van der Waals surface area contributed by atoms with Crippen molar-refractivity contribution < 1.29 is 14.1 Å². The van der Waals surface area contributed by atoms with E-state index in [9.17, 15) is 19.3 Å². The van der Waals surface area contributed by atoms with Crippen molar-refractivity contribution in [2.75, 3.05) is 37.6 Å². The van der Waals surface area contributed by atoms with Gasteiger partial charge in [-0.3, -0.25) is 19.8 Å². The number of nitrogens with zero attached hydrogens (tertiary/aromatic N) is 3. The van der Waals surface area contributed by atoms with Crippen molar-refractivity contribution in [1.82, 2.24) is 10.2 Å². The van der Waals surface area contributed by atoms with E-state index >= 15 is 0 Å². The van der Waals surface area contributed by atoms with Crippen molar-refractivity contribution >= 4 is 28.9 Å². The zero-order chi connectivity index (χ0) is 22.7. The molecule has 9 heteroatoms. The van der Waals surface area contributed by atoms with Gasteiger partial charge in [0.05, 0.1) is 11.0 Å². The number of nitrogens with one attached hydrogen (secondary N) is 1. The normalized spacial score (nSPS) is 17.5.